The van der Waals surface area contributed by atoms with Gasteiger partial charge in [-0.15, -0.1) is 0 Å². The third kappa shape index (κ3) is 2.42. The minimum Gasteiger partial charge on any atom is -0.391 e. The van der Waals surface area contributed by atoms with E-state index in [9.17, 15) is 14.7 Å². The Bertz CT molecular complexity index is 1020. The van der Waals surface area contributed by atoms with Crippen LogP contribution in [0.3, 0.4) is 0 Å². The molecule has 2 aromatic rings. The zero-order valence-electron chi connectivity index (χ0n) is 14.8. The number of aliphatic hydroxyl groups is 1. The molecule has 1 aromatic heterocycles. The maximum Gasteiger partial charge on any atom is 0.347 e. The molecule has 0 unspecified atom stereocenters. The molecule has 5 rings (SSSR count). The molecular weight excluding hydrogens is 352 g/mol. The first-order valence-electron chi connectivity index (χ1n) is 9.03. The summed E-state index contributed by atoms with van der Waals surface area (Å²) in [6.45, 7) is 0.718. The molecule has 0 radical (unpaired) electrons. The van der Waals surface area contributed by atoms with Gasteiger partial charge in [-0.25, -0.2) is 23.5 Å². The van der Waals surface area contributed by atoms with Crippen LogP contribution in [0.2, 0.25) is 0 Å². The average molecular weight is 372 g/mol. The number of fused-ring (bicyclic) bond motifs is 4. The van der Waals surface area contributed by atoms with Crippen molar-refractivity contribution in [2.45, 2.75) is 43.9 Å². The third-order valence-electron chi connectivity index (χ3n) is 5.72. The number of hydrogen-bond donors (Lipinski definition) is 1. The van der Waals surface area contributed by atoms with E-state index >= 15 is 0 Å². The first-order chi connectivity index (χ1) is 13.1. The van der Waals surface area contributed by atoms with Crippen LogP contribution in [-0.4, -0.2) is 43.1 Å². The van der Waals surface area contributed by atoms with Crippen LogP contribution in [-0.2, 0) is 29.8 Å². The fourth-order valence-electron chi connectivity index (χ4n) is 4.31. The van der Waals surface area contributed by atoms with Crippen molar-refractivity contribution in [3.63, 3.8) is 0 Å². The average Bonchev–Trinajstić information content (AvgIpc) is 3.46. The summed E-state index contributed by atoms with van der Waals surface area (Å²) in [5.41, 5.74) is 0.903. The molecule has 27 heavy (non-hydrogen) atoms. The van der Waals surface area contributed by atoms with Crippen molar-refractivity contribution < 1.29 is 14.7 Å². The highest BCUT2D eigenvalue weighted by molar-refractivity contribution is 5.94. The summed E-state index contributed by atoms with van der Waals surface area (Å²) in [7, 11) is 1.45. The second-order valence-corrected chi connectivity index (χ2v) is 7.26. The number of aliphatic hydroxyl groups excluding tert-OH is 1. The van der Waals surface area contributed by atoms with Gasteiger partial charge in [-0.2, -0.15) is 0 Å². The van der Waals surface area contributed by atoms with Gasteiger partial charge in [-0.3, -0.25) is 0 Å². The molecule has 1 N–H and O–H groups in total. The Morgan fingerprint density at radius 1 is 1.26 bits per heavy atom. The number of rotatable bonds is 3. The second kappa shape index (κ2) is 5.93. The van der Waals surface area contributed by atoms with Crippen molar-refractivity contribution in [3.05, 3.63) is 56.9 Å². The van der Waals surface area contributed by atoms with E-state index in [1.807, 2.05) is 30.3 Å². The van der Waals surface area contributed by atoms with Gasteiger partial charge in [0.05, 0.1) is 11.8 Å². The molecule has 1 aliphatic carbocycles. The lowest BCUT2D eigenvalue weighted by Crippen LogP contribution is -2.52. The molecule has 3 aliphatic rings. The molecule has 5 atom stereocenters. The van der Waals surface area contributed by atoms with Crippen LogP contribution in [0.25, 0.3) is 0 Å². The van der Waals surface area contributed by atoms with Crippen LogP contribution in [0.5, 0.6) is 0 Å². The van der Waals surface area contributed by atoms with Gasteiger partial charge in [0.1, 0.15) is 24.9 Å². The molecule has 2 aliphatic heterocycles. The fraction of sp³-hybridized carbons (Fsp3) is 0.500. The first-order valence-corrected chi connectivity index (χ1v) is 9.03. The predicted molar refractivity (Wildman–Crippen MR) is 94.4 cm³/mol. The van der Waals surface area contributed by atoms with E-state index in [-0.39, 0.29) is 17.7 Å². The van der Waals surface area contributed by atoms with Crippen molar-refractivity contribution in [2.24, 2.45) is 18.1 Å². The SMILES string of the molecule is Cn1c(=O)n2n(c1=O)[C@H]1[C@H](O)[C@@H]3O[C@@H]3/C(=N\OCc3ccccc3)[C@H]1CC2. The van der Waals surface area contributed by atoms with Gasteiger partial charge in [-0.05, 0) is 12.0 Å². The van der Waals surface area contributed by atoms with Crippen LogP contribution >= 0.6 is 0 Å². The van der Waals surface area contributed by atoms with Gasteiger partial charge in [-0.1, -0.05) is 35.5 Å². The lowest BCUT2D eigenvalue weighted by atomic mass is 9.78. The van der Waals surface area contributed by atoms with Crippen molar-refractivity contribution in [1.82, 2.24) is 13.9 Å². The number of aromatic nitrogens is 3. The number of hydrogen-bond acceptors (Lipinski definition) is 6. The molecule has 9 nitrogen and oxygen atoms in total. The predicted octanol–water partition coefficient (Wildman–Crippen LogP) is -0.376. The summed E-state index contributed by atoms with van der Waals surface area (Å²) < 4.78 is 9.45. The summed E-state index contributed by atoms with van der Waals surface area (Å²) in [5, 5.41) is 15.0. The minimum absolute atomic E-state index is 0.209. The molecule has 0 amide bonds. The number of benzene rings is 1. The summed E-state index contributed by atoms with van der Waals surface area (Å²) in [5.74, 6) is -0.209. The zero-order chi connectivity index (χ0) is 18.7. The molecule has 1 saturated carbocycles. The van der Waals surface area contributed by atoms with Gasteiger partial charge in [0, 0.05) is 19.5 Å². The lowest BCUT2D eigenvalue weighted by Gasteiger charge is -2.38. The second-order valence-electron chi connectivity index (χ2n) is 7.26. The maximum absolute atomic E-state index is 12.5. The Hall–Kier alpha value is -2.65. The van der Waals surface area contributed by atoms with Crippen LogP contribution < -0.4 is 11.4 Å². The van der Waals surface area contributed by atoms with Crippen LogP contribution in [0.1, 0.15) is 18.0 Å². The van der Waals surface area contributed by atoms with E-state index in [1.165, 1.54) is 16.4 Å². The fourth-order valence-corrected chi connectivity index (χ4v) is 4.31. The van der Waals surface area contributed by atoms with Gasteiger partial charge in [0.25, 0.3) is 0 Å². The highest BCUT2D eigenvalue weighted by Gasteiger charge is 2.61. The molecule has 9 heteroatoms. The number of epoxide rings is 1. The standard InChI is InChI=1S/C18H20N4O5/c1-20-17(24)21-8-7-11-12(19-26-9-10-5-3-2-4-6-10)15-16(27-15)14(23)13(11)22(21)18(20)25/h2-6,11,13-16,23H,7-9H2,1H3/b19-12-/t11-,13-,14+,15-,16+/m1/s1. The Morgan fingerprint density at radius 2 is 2.04 bits per heavy atom. The third-order valence-corrected chi connectivity index (χ3v) is 5.72. The van der Waals surface area contributed by atoms with Gasteiger partial charge in [0.2, 0.25) is 0 Å². The van der Waals surface area contributed by atoms with Crippen LogP contribution in [0, 0.1) is 5.92 Å². The normalized spacial score (nSPS) is 32.5. The van der Waals surface area contributed by atoms with Gasteiger partial charge < -0.3 is 14.7 Å². The molecular formula is C18H20N4O5. The zero-order valence-corrected chi connectivity index (χ0v) is 14.8. The Morgan fingerprint density at radius 3 is 2.81 bits per heavy atom. The first kappa shape index (κ1) is 16.5. The van der Waals surface area contributed by atoms with Crippen molar-refractivity contribution >= 4 is 5.71 Å². The largest absolute Gasteiger partial charge is 0.391 e. The number of nitrogens with zero attached hydrogens (tertiary/aromatic N) is 4. The highest BCUT2D eigenvalue weighted by atomic mass is 16.6. The summed E-state index contributed by atoms with van der Waals surface area (Å²) in [4.78, 5) is 30.4. The molecule has 0 spiro atoms. The monoisotopic (exact) mass is 372 g/mol. The van der Waals surface area contributed by atoms with Gasteiger partial charge >= 0.3 is 11.4 Å². The molecule has 142 valence electrons. The van der Waals surface area contributed by atoms with E-state index < -0.39 is 23.9 Å². The van der Waals surface area contributed by atoms with Crippen LogP contribution in [0.4, 0.5) is 0 Å². The van der Waals surface area contributed by atoms with E-state index in [0.29, 0.717) is 25.3 Å². The molecule has 0 bridgehead atoms. The Kier molecular flexibility index (Phi) is 3.63. The smallest absolute Gasteiger partial charge is 0.347 e. The quantitative estimate of drug-likeness (QED) is 0.585. The molecule has 1 saturated heterocycles. The minimum atomic E-state index is -0.862. The summed E-state index contributed by atoms with van der Waals surface area (Å²) in [6.07, 6.45) is -0.974. The van der Waals surface area contributed by atoms with Crippen molar-refractivity contribution in [1.29, 1.82) is 0 Å². The highest BCUT2D eigenvalue weighted by Crippen LogP contribution is 2.46. The molecule has 1 aromatic carbocycles. The van der Waals surface area contributed by atoms with E-state index in [1.54, 1.807) is 0 Å². The number of oxime groups is 1. The van der Waals surface area contributed by atoms with Crippen molar-refractivity contribution in [2.75, 3.05) is 0 Å². The Labute approximate surface area is 154 Å². The summed E-state index contributed by atoms with van der Waals surface area (Å²) >= 11 is 0. The maximum atomic E-state index is 12.5. The Balaban J connectivity index is 1.47. The van der Waals surface area contributed by atoms with E-state index in [4.69, 9.17) is 9.57 Å². The topological polar surface area (TPSA) is 103 Å². The van der Waals surface area contributed by atoms with Crippen LogP contribution in [0.15, 0.2) is 45.1 Å². The van der Waals surface area contributed by atoms with Crippen molar-refractivity contribution in [3.8, 4) is 0 Å². The van der Waals surface area contributed by atoms with E-state index in [0.717, 1.165) is 10.1 Å². The van der Waals surface area contributed by atoms with E-state index in [2.05, 4.69) is 5.16 Å². The number of ether oxygens (including phenoxy) is 1. The summed E-state index contributed by atoms with van der Waals surface area (Å²) in [6, 6.07) is 9.12. The van der Waals surface area contributed by atoms with Gasteiger partial charge in [0.15, 0.2) is 0 Å². The lowest BCUT2D eigenvalue weighted by molar-refractivity contribution is 0.0320. The molecule has 2 fully saturated rings. The molecule has 3 heterocycles.